The summed E-state index contributed by atoms with van der Waals surface area (Å²) in [4.78, 5) is 48.2. The van der Waals surface area contributed by atoms with Crippen molar-refractivity contribution in [2.45, 2.75) is 63.5 Å². The van der Waals surface area contributed by atoms with Crippen LogP contribution in [0.1, 0.15) is 73.3 Å². The van der Waals surface area contributed by atoms with Crippen LogP contribution < -0.4 is 25.8 Å². The minimum absolute atomic E-state index is 0.215. The largest absolute Gasteiger partial charge is 0.374 e. The highest BCUT2D eigenvalue weighted by atomic mass is 19.1. The molecule has 2 aromatic heterocycles. The van der Waals surface area contributed by atoms with Gasteiger partial charge in [0, 0.05) is 68.8 Å². The summed E-state index contributed by atoms with van der Waals surface area (Å²) in [5.74, 6) is -1.02. The summed E-state index contributed by atoms with van der Waals surface area (Å²) in [7, 11) is 0. The second-order valence-corrected chi connectivity index (χ2v) is 13.8. The summed E-state index contributed by atoms with van der Waals surface area (Å²) >= 11 is 0. The third-order valence-corrected chi connectivity index (χ3v) is 10.3. The van der Waals surface area contributed by atoms with Crippen LogP contribution in [0.25, 0.3) is 5.65 Å². The van der Waals surface area contributed by atoms with Gasteiger partial charge in [-0.3, -0.25) is 24.6 Å². The number of hydrogen-bond donors (Lipinski definition) is 3. The topological polar surface area (TPSA) is 127 Å². The van der Waals surface area contributed by atoms with Gasteiger partial charge in [0.25, 0.3) is 5.91 Å². The number of piperidine rings is 1. The lowest BCUT2D eigenvalue weighted by Crippen LogP contribution is -2.47. The number of aromatic nitrogens is 3. The standard InChI is InChI=1S/C38H45F2N9O3/c39-26-7-12-31(40)29(24-26)33-6-5-18-48(33)34-15-19-49-36(44-34)30(25-42-49)37(51)41-16-3-1-2-4-17-46-20-22-47(23-21-46)28-10-8-27(9-11-28)43-32-13-14-35(50)45-38(32)52/h7-12,15,19,24-25,32-33,43H,1-6,13-14,16-18,20-23H2,(H,41,51)(H,45,50,52)/t32?,33-/m1/s1. The number of halogens is 2. The first-order valence-corrected chi connectivity index (χ1v) is 18.3. The number of rotatable bonds is 13. The fraction of sp³-hybridized carbons (Fsp3) is 0.447. The van der Waals surface area contributed by atoms with Gasteiger partial charge in [0.1, 0.15) is 29.1 Å². The molecule has 2 atom stereocenters. The number of hydrogen-bond acceptors (Lipinski definition) is 9. The van der Waals surface area contributed by atoms with Crippen LogP contribution in [0.5, 0.6) is 0 Å². The average Bonchev–Trinajstić information content (AvgIpc) is 3.82. The van der Waals surface area contributed by atoms with Gasteiger partial charge in [-0.2, -0.15) is 5.10 Å². The lowest BCUT2D eigenvalue weighted by Gasteiger charge is -2.36. The van der Waals surface area contributed by atoms with Gasteiger partial charge < -0.3 is 20.4 Å². The number of carbonyl (C=O) groups excluding carboxylic acids is 3. The van der Waals surface area contributed by atoms with Crippen molar-refractivity contribution in [3.8, 4) is 0 Å². The number of imide groups is 1. The van der Waals surface area contributed by atoms with Crippen molar-refractivity contribution in [1.29, 1.82) is 0 Å². The lowest BCUT2D eigenvalue weighted by atomic mass is 10.0. The maximum Gasteiger partial charge on any atom is 0.256 e. The summed E-state index contributed by atoms with van der Waals surface area (Å²) in [5.41, 5.74) is 3.16. The fourth-order valence-corrected chi connectivity index (χ4v) is 7.46. The molecule has 0 radical (unpaired) electrons. The van der Waals surface area contributed by atoms with Crippen molar-refractivity contribution in [2.24, 2.45) is 0 Å². The number of nitrogens with one attached hydrogen (secondary N) is 3. The maximum atomic E-state index is 14.6. The molecule has 5 heterocycles. The van der Waals surface area contributed by atoms with Crippen molar-refractivity contribution in [1.82, 2.24) is 30.1 Å². The van der Waals surface area contributed by atoms with Gasteiger partial charge in [0.2, 0.25) is 11.8 Å². The van der Waals surface area contributed by atoms with E-state index in [1.54, 1.807) is 16.8 Å². The van der Waals surface area contributed by atoms with E-state index < -0.39 is 11.6 Å². The van der Waals surface area contributed by atoms with E-state index in [9.17, 15) is 23.2 Å². The third-order valence-electron chi connectivity index (χ3n) is 10.3. The van der Waals surface area contributed by atoms with Crippen LogP contribution in [0.4, 0.5) is 26.0 Å². The van der Waals surface area contributed by atoms with E-state index in [1.807, 2.05) is 17.0 Å². The van der Waals surface area contributed by atoms with Crippen LogP contribution >= 0.6 is 0 Å². The number of fused-ring (bicyclic) bond motifs is 1. The zero-order chi connectivity index (χ0) is 36.0. The van der Waals surface area contributed by atoms with Crippen molar-refractivity contribution in [3.05, 3.63) is 83.7 Å². The Balaban J connectivity index is 0.806. The van der Waals surface area contributed by atoms with Crippen molar-refractivity contribution in [2.75, 3.05) is 60.9 Å². The molecule has 3 aliphatic heterocycles. The zero-order valence-corrected chi connectivity index (χ0v) is 29.2. The number of anilines is 3. The molecule has 2 aromatic carbocycles. The van der Waals surface area contributed by atoms with E-state index in [0.29, 0.717) is 54.9 Å². The van der Waals surface area contributed by atoms with E-state index in [0.717, 1.165) is 88.3 Å². The second-order valence-electron chi connectivity index (χ2n) is 13.8. The molecule has 3 saturated heterocycles. The Morgan fingerprint density at radius 1 is 0.923 bits per heavy atom. The number of unbranched alkanes of at least 4 members (excludes halogenated alkanes) is 3. The summed E-state index contributed by atoms with van der Waals surface area (Å²) in [6.07, 6.45) is 9.70. The lowest BCUT2D eigenvalue weighted by molar-refractivity contribution is -0.133. The number of carbonyl (C=O) groups is 3. The first-order chi connectivity index (χ1) is 25.3. The highest BCUT2D eigenvalue weighted by Gasteiger charge is 2.30. The molecule has 0 bridgehead atoms. The monoisotopic (exact) mass is 713 g/mol. The highest BCUT2D eigenvalue weighted by Crippen LogP contribution is 2.37. The van der Waals surface area contributed by atoms with Crippen molar-refractivity contribution in [3.63, 3.8) is 0 Å². The predicted molar refractivity (Wildman–Crippen MR) is 194 cm³/mol. The van der Waals surface area contributed by atoms with Gasteiger partial charge in [0.15, 0.2) is 5.65 Å². The van der Waals surface area contributed by atoms with Gasteiger partial charge in [-0.25, -0.2) is 18.3 Å². The van der Waals surface area contributed by atoms with Gasteiger partial charge >= 0.3 is 0 Å². The van der Waals surface area contributed by atoms with E-state index in [1.165, 1.54) is 12.3 Å². The third kappa shape index (κ3) is 8.17. The number of nitrogens with zero attached hydrogens (tertiary/aromatic N) is 6. The number of benzene rings is 2. The molecule has 7 rings (SSSR count). The van der Waals surface area contributed by atoms with E-state index in [2.05, 4.69) is 43.0 Å². The van der Waals surface area contributed by atoms with Crippen molar-refractivity contribution >= 4 is 40.6 Å². The summed E-state index contributed by atoms with van der Waals surface area (Å²) in [5, 5.41) is 12.9. The quantitative estimate of drug-likeness (QED) is 0.134. The minimum atomic E-state index is -0.472. The summed E-state index contributed by atoms with van der Waals surface area (Å²) in [6, 6.07) is 12.8. The van der Waals surface area contributed by atoms with E-state index >= 15 is 0 Å². The molecule has 0 spiro atoms. The summed E-state index contributed by atoms with van der Waals surface area (Å²) in [6.45, 7) is 6.17. The molecule has 14 heteroatoms. The van der Waals surface area contributed by atoms with Crippen LogP contribution in [-0.4, -0.2) is 89.1 Å². The van der Waals surface area contributed by atoms with Gasteiger partial charge in [-0.05, 0) is 87.2 Å². The highest BCUT2D eigenvalue weighted by molar-refractivity contribution is 6.01. The Morgan fingerprint density at radius 2 is 1.73 bits per heavy atom. The Bertz CT molecular complexity index is 1890. The number of piperazine rings is 1. The molecule has 3 aliphatic rings. The molecule has 12 nitrogen and oxygen atoms in total. The smallest absolute Gasteiger partial charge is 0.256 e. The Hall–Kier alpha value is -5.11. The molecule has 3 fully saturated rings. The fourth-order valence-electron chi connectivity index (χ4n) is 7.46. The van der Waals surface area contributed by atoms with Gasteiger partial charge in [0.05, 0.1) is 12.2 Å². The molecule has 52 heavy (non-hydrogen) atoms. The molecule has 4 aromatic rings. The molecule has 3 N–H and O–H groups in total. The van der Waals surface area contributed by atoms with Crippen LogP contribution in [-0.2, 0) is 9.59 Å². The van der Waals surface area contributed by atoms with E-state index in [-0.39, 0.29) is 29.8 Å². The van der Waals surface area contributed by atoms with Crippen LogP contribution in [0.2, 0.25) is 0 Å². The molecule has 0 saturated carbocycles. The molecule has 3 amide bonds. The molecular formula is C38H45F2N9O3. The SMILES string of the molecule is O=C1CCC(Nc2ccc(N3CCN(CCCCCCNC(=O)c4cnn5ccc(N6CCC[C@@H]6c6cc(F)ccc6F)nc45)CC3)cc2)C(=O)N1. The van der Waals surface area contributed by atoms with Crippen molar-refractivity contribution < 1.29 is 23.2 Å². The molecule has 274 valence electrons. The van der Waals surface area contributed by atoms with Crippen LogP contribution in [0.3, 0.4) is 0 Å². The zero-order valence-electron chi connectivity index (χ0n) is 29.2. The Kier molecular flexibility index (Phi) is 10.9. The van der Waals surface area contributed by atoms with Crippen LogP contribution in [0.15, 0.2) is 60.9 Å². The first kappa shape index (κ1) is 35.3. The molecule has 1 unspecified atom stereocenters. The predicted octanol–water partition coefficient (Wildman–Crippen LogP) is 4.68. The normalized spacial score (nSPS) is 19.7. The molecular weight excluding hydrogens is 668 g/mol. The average molecular weight is 714 g/mol. The van der Waals surface area contributed by atoms with Crippen LogP contribution in [0, 0.1) is 11.6 Å². The molecule has 0 aliphatic carbocycles. The Labute approximate surface area is 301 Å². The van der Waals surface area contributed by atoms with Gasteiger partial charge in [-0.1, -0.05) is 12.8 Å². The van der Waals surface area contributed by atoms with Gasteiger partial charge in [-0.15, -0.1) is 0 Å². The maximum absolute atomic E-state index is 14.6. The Morgan fingerprint density at radius 3 is 2.54 bits per heavy atom. The first-order valence-electron chi connectivity index (χ1n) is 18.3. The van der Waals surface area contributed by atoms with E-state index in [4.69, 9.17) is 4.98 Å². The number of amides is 3. The minimum Gasteiger partial charge on any atom is -0.374 e. The summed E-state index contributed by atoms with van der Waals surface area (Å²) < 4.78 is 30.1. The second kappa shape index (κ2) is 16.1.